The van der Waals surface area contributed by atoms with E-state index < -0.39 is 22.7 Å². The van der Waals surface area contributed by atoms with Crippen molar-refractivity contribution >= 4 is 38.3 Å². The predicted octanol–water partition coefficient (Wildman–Crippen LogP) is 5.19. The van der Waals surface area contributed by atoms with E-state index in [2.05, 4.69) is 0 Å². The molecule has 0 bridgehead atoms. The minimum atomic E-state index is -1.82. The number of ether oxygens (including phenoxy) is 5. The topological polar surface area (TPSA) is 154 Å². The number of rotatable bonds is 5. The molecule has 6 rings (SSSR count). The van der Waals surface area contributed by atoms with Gasteiger partial charge in [-0.1, -0.05) is 0 Å². The van der Waals surface area contributed by atoms with Crippen LogP contribution in [0.4, 0.5) is 0 Å². The molecule has 1 aliphatic rings. The SMILES string of the molecule is COc1cc(OC)c2c(O)c3c(=O)cc(C)oc3c(-c3c(OC)cc(OC)c4c(O)c5c(cc34)OC(C)(O)CC5=O)c2c1. The number of hydrogen-bond donors (Lipinski definition) is 3. The molecular weight excluding hydrogens is 560 g/mol. The standard InChI is InChI=1S/C32H28O11/c1-13-7-17(33)28-30(36)24-15(8-14(38-3)9-19(24)39-4)26(31(28)42-13)23-16-10-22-27(18(34)12-32(2,37)43-22)29(35)25(16)21(41-6)11-20(23)40-5/h7-11,35-37H,12H2,1-6H3. The molecule has 1 aliphatic heterocycles. The van der Waals surface area contributed by atoms with E-state index in [-0.39, 0.29) is 73.6 Å². The van der Waals surface area contributed by atoms with Gasteiger partial charge in [-0.2, -0.15) is 0 Å². The number of aliphatic hydroxyl groups is 1. The summed E-state index contributed by atoms with van der Waals surface area (Å²) in [7, 11) is 5.72. The minimum absolute atomic E-state index is 0.0243. The first kappa shape index (κ1) is 28.0. The third kappa shape index (κ3) is 4.07. The van der Waals surface area contributed by atoms with Gasteiger partial charge in [0.05, 0.1) is 45.6 Å². The molecule has 43 heavy (non-hydrogen) atoms. The summed E-state index contributed by atoms with van der Waals surface area (Å²) < 4.78 is 34.5. The monoisotopic (exact) mass is 588 g/mol. The van der Waals surface area contributed by atoms with E-state index in [0.29, 0.717) is 22.3 Å². The zero-order valence-electron chi connectivity index (χ0n) is 24.2. The first-order valence-corrected chi connectivity index (χ1v) is 13.2. The molecule has 0 saturated heterocycles. The Morgan fingerprint density at radius 3 is 2.02 bits per heavy atom. The van der Waals surface area contributed by atoms with Crippen LogP contribution in [0, 0.1) is 6.92 Å². The summed E-state index contributed by atoms with van der Waals surface area (Å²) in [6.45, 7) is 2.95. The van der Waals surface area contributed by atoms with Crippen LogP contribution in [0.2, 0.25) is 0 Å². The van der Waals surface area contributed by atoms with Crippen LogP contribution in [0.25, 0.3) is 43.6 Å². The molecular formula is C32H28O11. The van der Waals surface area contributed by atoms with Crippen molar-refractivity contribution in [2.45, 2.75) is 26.1 Å². The molecule has 3 N–H and O–H groups in total. The number of benzene rings is 4. The van der Waals surface area contributed by atoms with Crippen LogP contribution in [0.3, 0.4) is 0 Å². The molecule has 0 amide bonds. The molecule has 0 fully saturated rings. The Bertz CT molecular complexity index is 2070. The Hall–Kier alpha value is -5.16. The van der Waals surface area contributed by atoms with Crippen LogP contribution in [0.5, 0.6) is 40.2 Å². The van der Waals surface area contributed by atoms with Crippen molar-refractivity contribution in [2.24, 2.45) is 0 Å². The Kier molecular flexibility index (Phi) is 6.31. The Morgan fingerprint density at radius 1 is 0.744 bits per heavy atom. The largest absolute Gasteiger partial charge is 0.506 e. The summed E-state index contributed by atoms with van der Waals surface area (Å²) >= 11 is 0. The van der Waals surface area contributed by atoms with Crippen molar-refractivity contribution in [3.63, 3.8) is 0 Å². The number of ketones is 1. The van der Waals surface area contributed by atoms with Crippen LogP contribution in [-0.2, 0) is 0 Å². The van der Waals surface area contributed by atoms with E-state index in [9.17, 15) is 24.9 Å². The van der Waals surface area contributed by atoms with Crippen molar-refractivity contribution in [3.8, 4) is 51.4 Å². The molecule has 0 aliphatic carbocycles. The van der Waals surface area contributed by atoms with E-state index in [1.165, 1.54) is 53.6 Å². The fourth-order valence-electron chi connectivity index (χ4n) is 5.89. The maximum Gasteiger partial charge on any atom is 0.212 e. The van der Waals surface area contributed by atoms with Crippen molar-refractivity contribution in [3.05, 3.63) is 51.9 Å². The first-order chi connectivity index (χ1) is 20.4. The molecule has 4 aromatic carbocycles. The predicted molar refractivity (Wildman–Crippen MR) is 157 cm³/mol. The second kappa shape index (κ2) is 9.70. The number of methoxy groups -OCH3 is 4. The maximum absolute atomic E-state index is 13.4. The van der Waals surface area contributed by atoms with Crippen LogP contribution in [0.15, 0.2) is 39.5 Å². The average molecular weight is 589 g/mol. The number of fused-ring (bicyclic) bond motifs is 4. The lowest BCUT2D eigenvalue weighted by Gasteiger charge is -2.31. The third-order valence-corrected chi connectivity index (χ3v) is 7.65. The number of aryl methyl sites for hydroxylation is 1. The zero-order chi connectivity index (χ0) is 31.0. The third-order valence-electron chi connectivity index (χ3n) is 7.65. The number of Topliss-reactive ketones (excluding diaryl/α,β-unsaturated/α-hetero) is 1. The molecule has 11 nitrogen and oxygen atoms in total. The second-order valence-electron chi connectivity index (χ2n) is 10.5. The van der Waals surface area contributed by atoms with E-state index in [0.717, 1.165) is 0 Å². The van der Waals surface area contributed by atoms with Gasteiger partial charge in [0.1, 0.15) is 62.5 Å². The van der Waals surface area contributed by atoms with E-state index in [1.54, 1.807) is 19.1 Å². The van der Waals surface area contributed by atoms with E-state index >= 15 is 0 Å². The molecule has 222 valence electrons. The first-order valence-electron chi connectivity index (χ1n) is 13.2. The summed E-state index contributed by atoms with van der Waals surface area (Å²) in [6, 6.07) is 7.50. The molecule has 0 spiro atoms. The molecule has 1 unspecified atom stereocenters. The van der Waals surface area contributed by atoms with Gasteiger partial charge in [0, 0.05) is 47.0 Å². The van der Waals surface area contributed by atoms with Gasteiger partial charge in [-0.3, -0.25) is 9.59 Å². The zero-order valence-corrected chi connectivity index (χ0v) is 24.2. The average Bonchev–Trinajstić information content (AvgIpc) is 2.94. The quantitative estimate of drug-likeness (QED) is 0.232. The van der Waals surface area contributed by atoms with Gasteiger partial charge >= 0.3 is 0 Å². The summed E-state index contributed by atoms with van der Waals surface area (Å²) in [4.78, 5) is 26.5. The number of phenols is 2. The smallest absolute Gasteiger partial charge is 0.212 e. The van der Waals surface area contributed by atoms with E-state index in [4.69, 9.17) is 28.1 Å². The van der Waals surface area contributed by atoms with Gasteiger partial charge in [0.15, 0.2) is 11.2 Å². The molecule has 1 atom stereocenters. The highest BCUT2D eigenvalue weighted by Gasteiger charge is 2.38. The van der Waals surface area contributed by atoms with Gasteiger partial charge in [-0.15, -0.1) is 0 Å². The van der Waals surface area contributed by atoms with Crippen LogP contribution in [-0.4, -0.2) is 55.3 Å². The number of carbonyl (C=O) groups is 1. The number of phenolic OH excluding ortho intramolecular Hbond substituents is 2. The van der Waals surface area contributed by atoms with Crippen molar-refractivity contribution in [1.29, 1.82) is 0 Å². The summed E-state index contributed by atoms with van der Waals surface area (Å²) in [6.07, 6.45) is -0.373. The van der Waals surface area contributed by atoms with Gasteiger partial charge in [0.2, 0.25) is 5.79 Å². The number of aromatic hydroxyl groups is 2. The molecule has 0 radical (unpaired) electrons. The highest BCUT2D eigenvalue weighted by Crippen LogP contribution is 2.55. The second-order valence-corrected chi connectivity index (χ2v) is 10.5. The van der Waals surface area contributed by atoms with Crippen molar-refractivity contribution in [2.75, 3.05) is 28.4 Å². The van der Waals surface area contributed by atoms with Crippen LogP contribution < -0.4 is 29.1 Å². The maximum atomic E-state index is 13.4. The normalized spacial score (nSPS) is 16.3. The molecule has 5 aromatic rings. The lowest BCUT2D eigenvalue weighted by atomic mass is 9.87. The Morgan fingerprint density at radius 2 is 1.37 bits per heavy atom. The summed E-state index contributed by atoms with van der Waals surface area (Å²) in [5.41, 5.74) is 0.00498. The molecule has 0 saturated carbocycles. The van der Waals surface area contributed by atoms with Gasteiger partial charge in [0.25, 0.3) is 0 Å². The minimum Gasteiger partial charge on any atom is -0.506 e. The Labute approximate surface area is 244 Å². The fraction of sp³-hybridized carbons (Fsp3) is 0.250. The lowest BCUT2D eigenvalue weighted by molar-refractivity contribution is -0.123. The summed E-state index contributed by atoms with van der Waals surface area (Å²) in [5.74, 6) is -1.91. The number of carbonyl (C=O) groups excluding carboxylic acids is 1. The Balaban J connectivity index is 1.94. The van der Waals surface area contributed by atoms with Crippen molar-refractivity contribution in [1.82, 2.24) is 0 Å². The molecule has 11 heteroatoms. The number of hydrogen-bond acceptors (Lipinski definition) is 11. The highest BCUT2D eigenvalue weighted by molar-refractivity contribution is 6.23. The summed E-state index contributed by atoms with van der Waals surface area (Å²) in [5, 5.41) is 34.6. The highest BCUT2D eigenvalue weighted by atomic mass is 16.6. The van der Waals surface area contributed by atoms with Crippen LogP contribution >= 0.6 is 0 Å². The fourth-order valence-corrected chi connectivity index (χ4v) is 5.89. The molecule has 1 aromatic heterocycles. The van der Waals surface area contributed by atoms with Crippen LogP contribution in [0.1, 0.15) is 29.5 Å². The van der Waals surface area contributed by atoms with E-state index in [1.807, 2.05) is 0 Å². The lowest BCUT2D eigenvalue weighted by Crippen LogP contribution is -2.38. The van der Waals surface area contributed by atoms with Gasteiger partial charge in [-0.05, 0) is 19.1 Å². The van der Waals surface area contributed by atoms with Gasteiger partial charge in [-0.25, -0.2) is 0 Å². The molecule has 2 heterocycles. The van der Waals surface area contributed by atoms with Gasteiger partial charge < -0.3 is 43.4 Å². The van der Waals surface area contributed by atoms with Crippen molar-refractivity contribution < 1.29 is 48.2 Å².